The minimum atomic E-state index is -4.65. The Bertz CT molecular complexity index is 645. The molecule has 0 aliphatic carbocycles. The van der Waals surface area contributed by atoms with Gasteiger partial charge in [-0.2, -0.15) is 22.0 Å². The van der Waals surface area contributed by atoms with E-state index in [0.29, 0.717) is 12.1 Å². The Morgan fingerprint density at radius 3 is 2.08 bits per heavy atom. The number of alkyl halides is 3. The van der Waals surface area contributed by atoms with Gasteiger partial charge >= 0.3 is 18.2 Å². The van der Waals surface area contributed by atoms with E-state index in [4.69, 9.17) is 0 Å². The van der Waals surface area contributed by atoms with Crippen LogP contribution in [0, 0.1) is 0 Å². The molecule has 1 atom stereocenters. The van der Waals surface area contributed by atoms with Gasteiger partial charge in [0.05, 0.1) is 12.2 Å². The van der Waals surface area contributed by atoms with Gasteiger partial charge in [-0.1, -0.05) is 12.1 Å². The van der Waals surface area contributed by atoms with Crippen molar-refractivity contribution in [3.63, 3.8) is 0 Å². The Morgan fingerprint density at radius 1 is 1.08 bits per heavy atom. The van der Waals surface area contributed by atoms with Gasteiger partial charge in [0.15, 0.2) is 5.83 Å². The molecule has 0 aromatic heterocycles. The van der Waals surface area contributed by atoms with Crippen molar-refractivity contribution in [2.24, 2.45) is 0 Å². The van der Waals surface area contributed by atoms with Gasteiger partial charge in [0.1, 0.15) is 12.2 Å². The number of halogens is 6. The van der Waals surface area contributed by atoms with Crippen molar-refractivity contribution >= 4 is 11.8 Å². The summed E-state index contributed by atoms with van der Waals surface area (Å²) >= 11 is 0. The minimum absolute atomic E-state index is 0.00180. The number of carbonyl (C=O) groups excluding carboxylic acids is 2. The van der Waals surface area contributed by atoms with Gasteiger partial charge in [-0.3, -0.25) is 9.59 Å². The number of ketones is 1. The molecule has 0 spiro atoms. The Hall–Kier alpha value is -2.32. The van der Waals surface area contributed by atoms with Gasteiger partial charge in [-0.05, 0) is 24.6 Å². The van der Waals surface area contributed by atoms with Crippen molar-refractivity contribution in [2.75, 3.05) is 6.61 Å². The molecule has 138 valence electrons. The van der Waals surface area contributed by atoms with Crippen LogP contribution in [0.25, 0.3) is 0 Å². The average Bonchev–Trinajstić information content (AvgIpc) is 2.51. The summed E-state index contributed by atoms with van der Waals surface area (Å²) in [5, 5.41) is 0. The molecule has 25 heavy (non-hydrogen) atoms. The number of allylic oxidation sites excluding steroid dienone is 1. The third-order valence-electron chi connectivity index (χ3n) is 3.21. The molecular weight excluding hydrogens is 354 g/mol. The van der Waals surface area contributed by atoms with E-state index >= 15 is 0 Å². The van der Waals surface area contributed by atoms with Crippen LogP contribution in [0.4, 0.5) is 26.3 Å². The highest BCUT2D eigenvalue weighted by Crippen LogP contribution is 2.35. The molecular formula is C16H14F6O3. The summed E-state index contributed by atoms with van der Waals surface area (Å²) in [4.78, 5) is 23.0. The zero-order chi connectivity index (χ0) is 19.2. The summed E-state index contributed by atoms with van der Waals surface area (Å²) in [6.07, 6.45) is -8.89. The molecule has 0 aliphatic rings. The minimum Gasteiger partial charge on any atom is -0.466 e. The van der Waals surface area contributed by atoms with Crippen molar-refractivity contribution in [3.05, 3.63) is 47.3 Å². The zero-order valence-electron chi connectivity index (χ0n) is 13.0. The largest absolute Gasteiger partial charge is 0.466 e. The van der Waals surface area contributed by atoms with Gasteiger partial charge in [0.25, 0.3) is 0 Å². The topological polar surface area (TPSA) is 43.4 Å². The van der Waals surface area contributed by atoms with Crippen molar-refractivity contribution < 1.29 is 40.7 Å². The number of hydrogen-bond donors (Lipinski definition) is 0. The number of esters is 1. The molecule has 0 saturated carbocycles. The summed E-state index contributed by atoms with van der Waals surface area (Å²) in [7, 11) is 0. The average molecular weight is 368 g/mol. The smallest absolute Gasteiger partial charge is 0.416 e. The fourth-order valence-corrected chi connectivity index (χ4v) is 2.06. The first-order valence-electron chi connectivity index (χ1n) is 7.11. The molecule has 0 bridgehead atoms. The van der Waals surface area contributed by atoms with E-state index in [0.717, 1.165) is 12.1 Å². The highest BCUT2D eigenvalue weighted by molar-refractivity contribution is 5.96. The highest BCUT2D eigenvalue weighted by atomic mass is 19.4. The Morgan fingerprint density at radius 2 is 1.64 bits per heavy atom. The molecule has 9 heteroatoms. The van der Waals surface area contributed by atoms with Gasteiger partial charge < -0.3 is 4.74 Å². The fourth-order valence-electron chi connectivity index (χ4n) is 2.06. The van der Waals surface area contributed by atoms with Crippen LogP contribution in [0.3, 0.4) is 0 Å². The van der Waals surface area contributed by atoms with Crippen LogP contribution in [0.15, 0.2) is 36.2 Å². The molecule has 0 N–H and O–H groups in total. The summed E-state index contributed by atoms with van der Waals surface area (Å²) in [6.45, 7) is 1.50. The third-order valence-corrected chi connectivity index (χ3v) is 3.21. The lowest BCUT2D eigenvalue weighted by Gasteiger charge is -2.15. The van der Waals surface area contributed by atoms with E-state index in [1.54, 1.807) is 0 Å². The predicted molar refractivity (Wildman–Crippen MR) is 75.4 cm³/mol. The summed E-state index contributed by atoms with van der Waals surface area (Å²) < 4.78 is 81.0. The predicted octanol–water partition coefficient (Wildman–Crippen LogP) is 4.78. The number of Topliss-reactive ketones (excluding diaryl/α,β-unsaturated/α-hetero) is 1. The van der Waals surface area contributed by atoms with Crippen molar-refractivity contribution in [1.82, 2.24) is 0 Å². The van der Waals surface area contributed by atoms with Gasteiger partial charge in [0.2, 0.25) is 0 Å². The second-order valence-electron chi connectivity index (χ2n) is 5.01. The van der Waals surface area contributed by atoms with Crippen LogP contribution in [-0.2, 0) is 20.5 Å². The second-order valence-corrected chi connectivity index (χ2v) is 5.01. The molecule has 1 aromatic carbocycles. The number of rotatable bonds is 7. The van der Waals surface area contributed by atoms with E-state index < -0.39 is 54.2 Å². The molecule has 1 unspecified atom stereocenters. The van der Waals surface area contributed by atoms with E-state index in [1.807, 2.05) is 0 Å². The summed E-state index contributed by atoms with van der Waals surface area (Å²) in [5.41, 5.74) is -1.28. The molecule has 0 aliphatic heterocycles. The maximum atomic E-state index is 13.7. The molecule has 0 saturated heterocycles. The van der Waals surface area contributed by atoms with Crippen LogP contribution >= 0.6 is 0 Å². The molecule has 1 aromatic rings. The van der Waals surface area contributed by atoms with Crippen molar-refractivity contribution in [3.8, 4) is 0 Å². The molecule has 0 radical (unpaired) electrons. The number of carbonyl (C=O) groups is 2. The summed E-state index contributed by atoms with van der Waals surface area (Å²) in [6, 6.07) is 2.82. The zero-order valence-corrected chi connectivity index (χ0v) is 13.0. The standard InChI is InChI=1S/C16H14F6O3/c1-2-25-13(24)8-11(23)7-12(14(17)15(18)19)9-3-5-10(6-4-9)16(20,21)22/h3-6,12H,2,7-8H2,1H3. The second kappa shape index (κ2) is 8.68. The number of ether oxygens (including phenoxy) is 1. The quantitative estimate of drug-likeness (QED) is 0.395. The van der Waals surface area contributed by atoms with Gasteiger partial charge in [-0.25, -0.2) is 4.39 Å². The van der Waals surface area contributed by atoms with Crippen LogP contribution < -0.4 is 0 Å². The third kappa shape index (κ3) is 6.24. The first kappa shape index (κ1) is 20.7. The van der Waals surface area contributed by atoms with E-state index in [2.05, 4.69) is 4.74 Å². The molecule has 0 heterocycles. The van der Waals surface area contributed by atoms with E-state index in [9.17, 15) is 35.9 Å². The Balaban J connectivity index is 3.04. The van der Waals surface area contributed by atoms with Crippen molar-refractivity contribution in [2.45, 2.75) is 31.9 Å². The SMILES string of the molecule is CCOC(=O)CC(=O)CC(C(F)=C(F)F)c1ccc(C(F)(F)F)cc1. The normalized spacial score (nSPS) is 12.4. The van der Waals surface area contributed by atoms with Gasteiger partial charge in [0, 0.05) is 12.3 Å². The maximum Gasteiger partial charge on any atom is 0.416 e. The fraction of sp³-hybridized carbons (Fsp3) is 0.375. The molecule has 0 fully saturated rings. The Kier molecular flexibility index (Phi) is 7.20. The number of benzene rings is 1. The maximum absolute atomic E-state index is 13.7. The molecule has 1 rings (SSSR count). The molecule has 3 nitrogen and oxygen atoms in total. The highest BCUT2D eigenvalue weighted by Gasteiger charge is 2.31. The van der Waals surface area contributed by atoms with Crippen LogP contribution in [-0.4, -0.2) is 18.4 Å². The van der Waals surface area contributed by atoms with Crippen LogP contribution in [0.5, 0.6) is 0 Å². The lowest BCUT2D eigenvalue weighted by Crippen LogP contribution is -2.15. The van der Waals surface area contributed by atoms with Crippen LogP contribution in [0.1, 0.15) is 36.8 Å². The first-order chi connectivity index (χ1) is 11.6. The number of hydrogen-bond acceptors (Lipinski definition) is 3. The van der Waals surface area contributed by atoms with Crippen molar-refractivity contribution in [1.29, 1.82) is 0 Å². The lowest BCUT2D eigenvalue weighted by atomic mass is 9.91. The van der Waals surface area contributed by atoms with E-state index in [-0.39, 0.29) is 12.2 Å². The van der Waals surface area contributed by atoms with Gasteiger partial charge in [-0.15, -0.1) is 0 Å². The molecule has 0 amide bonds. The lowest BCUT2D eigenvalue weighted by molar-refractivity contribution is -0.145. The van der Waals surface area contributed by atoms with E-state index in [1.165, 1.54) is 6.92 Å². The summed E-state index contributed by atoms with van der Waals surface area (Å²) in [5.74, 6) is -5.49. The first-order valence-corrected chi connectivity index (χ1v) is 7.11. The Labute approximate surface area is 139 Å². The van der Waals surface area contributed by atoms with Crippen LogP contribution in [0.2, 0.25) is 0 Å². The monoisotopic (exact) mass is 368 g/mol.